The Labute approximate surface area is 132 Å². The van der Waals surface area contributed by atoms with Crippen LogP contribution in [0.3, 0.4) is 0 Å². The molecule has 1 heterocycles. The van der Waals surface area contributed by atoms with Gasteiger partial charge in [0.25, 0.3) is 0 Å². The molecule has 0 unspecified atom stereocenters. The Morgan fingerprint density at radius 2 is 1.26 bits per heavy atom. The molecule has 1 aromatic heterocycles. The summed E-state index contributed by atoms with van der Waals surface area (Å²) in [6.07, 6.45) is 0. The third-order valence-corrected chi connectivity index (χ3v) is 4.99. The van der Waals surface area contributed by atoms with E-state index < -0.39 is 0 Å². The fourth-order valence-corrected chi connectivity index (χ4v) is 4.02. The van der Waals surface area contributed by atoms with E-state index in [4.69, 9.17) is 4.42 Å². The number of benzene rings is 5. The van der Waals surface area contributed by atoms with Crippen LogP contribution in [0.2, 0.25) is 0 Å². The molecule has 1 heteroatoms. The minimum atomic E-state index is 0.956. The van der Waals surface area contributed by atoms with E-state index >= 15 is 0 Å². The highest BCUT2D eigenvalue weighted by Crippen LogP contribution is 2.41. The molecule has 0 atom stereocenters. The smallest absolute Gasteiger partial charge is 0.136 e. The molecule has 0 aliphatic rings. The van der Waals surface area contributed by atoms with E-state index in [1.807, 2.05) is 12.1 Å². The van der Waals surface area contributed by atoms with Gasteiger partial charge in [-0.25, -0.2) is 0 Å². The maximum absolute atomic E-state index is 6.10. The highest BCUT2D eigenvalue weighted by molar-refractivity contribution is 6.31. The lowest BCUT2D eigenvalue weighted by atomic mass is 9.92. The van der Waals surface area contributed by atoms with E-state index in [1.165, 1.54) is 43.1 Å². The molecule has 0 bridgehead atoms. The Morgan fingerprint density at radius 3 is 2.17 bits per heavy atom. The van der Waals surface area contributed by atoms with Crippen LogP contribution < -0.4 is 0 Å². The van der Waals surface area contributed by atoms with Crippen molar-refractivity contribution in [2.24, 2.45) is 0 Å². The number of hydrogen-bond donors (Lipinski definition) is 0. The van der Waals surface area contributed by atoms with Crippen LogP contribution >= 0.6 is 0 Å². The molecule has 0 saturated heterocycles. The molecule has 0 aliphatic heterocycles. The Hall–Kier alpha value is -3.06. The second kappa shape index (κ2) is 3.82. The monoisotopic (exact) mass is 292 g/mol. The third-order valence-electron chi connectivity index (χ3n) is 4.99. The highest BCUT2D eigenvalue weighted by Gasteiger charge is 2.15. The van der Waals surface area contributed by atoms with E-state index in [-0.39, 0.29) is 0 Å². The van der Waals surface area contributed by atoms with Crippen LogP contribution in [0.5, 0.6) is 0 Å². The van der Waals surface area contributed by atoms with Gasteiger partial charge in [-0.15, -0.1) is 0 Å². The first-order valence-corrected chi connectivity index (χ1v) is 7.88. The van der Waals surface area contributed by atoms with Crippen LogP contribution in [0.15, 0.2) is 77.2 Å². The summed E-state index contributed by atoms with van der Waals surface area (Å²) in [5, 5.41) is 10.3. The van der Waals surface area contributed by atoms with Crippen molar-refractivity contribution in [1.29, 1.82) is 0 Å². The minimum absolute atomic E-state index is 0.956. The summed E-state index contributed by atoms with van der Waals surface area (Å²) in [7, 11) is 0. The summed E-state index contributed by atoms with van der Waals surface area (Å²) in [5.74, 6) is 0. The third kappa shape index (κ3) is 1.33. The largest absolute Gasteiger partial charge is 0.456 e. The zero-order valence-electron chi connectivity index (χ0n) is 12.3. The van der Waals surface area contributed by atoms with Gasteiger partial charge in [-0.3, -0.25) is 0 Å². The number of fused-ring (bicyclic) bond motifs is 4. The van der Waals surface area contributed by atoms with Gasteiger partial charge in [0.15, 0.2) is 0 Å². The molecular formula is C22H12O. The fraction of sp³-hybridized carbons (Fsp3) is 0. The second-order valence-electron chi connectivity index (χ2n) is 6.20. The molecule has 5 aromatic carbocycles. The molecule has 1 nitrogen and oxygen atoms in total. The minimum Gasteiger partial charge on any atom is -0.456 e. The molecule has 106 valence electrons. The van der Waals surface area contributed by atoms with Crippen molar-refractivity contribution in [2.75, 3.05) is 0 Å². The van der Waals surface area contributed by atoms with Gasteiger partial charge in [-0.1, -0.05) is 60.7 Å². The van der Waals surface area contributed by atoms with Crippen molar-refractivity contribution in [2.45, 2.75) is 0 Å². The second-order valence-corrected chi connectivity index (χ2v) is 6.20. The lowest BCUT2D eigenvalue weighted by Crippen LogP contribution is -1.84. The first-order valence-electron chi connectivity index (χ1n) is 7.88. The topological polar surface area (TPSA) is 13.1 Å². The van der Waals surface area contributed by atoms with Gasteiger partial charge >= 0.3 is 0 Å². The summed E-state index contributed by atoms with van der Waals surface area (Å²) in [6, 6.07) is 25.9. The fourth-order valence-electron chi connectivity index (χ4n) is 4.02. The van der Waals surface area contributed by atoms with Crippen LogP contribution in [-0.2, 0) is 0 Å². The van der Waals surface area contributed by atoms with E-state index in [2.05, 4.69) is 60.7 Å². The molecule has 0 spiro atoms. The van der Waals surface area contributed by atoms with Crippen LogP contribution in [0.25, 0.3) is 54.3 Å². The summed E-state index contributed by atoms with van der Waals surface area (Å²) >= 11 is 0. The zero-order valence-corrected chi connectivity index (χ0v) is 12.3. The SMILES string of the molecule is c1cc2ccc3cc4oc5ccccc5c4c4ccc(c1)c2c34. The Morgan fingerprint density at radius 1 is 0.478 bits per heavy atom. The molecule has 0 fully saturated rings. The average Bonchev–Trinajstić information content (AvgIpc) is 2.97. The van der Waals surface area contributed by atoms with Crippen molar-refractivity contribution >= 4 is 54.3 Å². The maximum atomic E-state index is 6.10. The van der Waals surface area contributed by atoms with Gasteiger partial charge in [-0.2, -0.15) is 0 Å². The molecule has 0 amide bonds. The van der Waals surface area contributed by atoms with Gasteiger partial charge in [-0.05, 0) is 44.5 Å². The van der Waals surface area contributed by atoms with Crippen LogP contribution in [0, 0.1) is 0 Å². The van der Waals surface area contributed by atoms with Crippen LogP contribution in [-0.4, -0.2) is 0 Å². The lowest BCUT2D eigenvalue weighted by molar-refractivity contribution is 0.669. The van der Waals surface area contributed by atoms with Gasteiger partial charge < -0.3 is 4.42 Å². The standard InChI is InChI=1S/C22H12O/c1-2-7-18-16(6-1)22-17-11-10-14-5-3-4-13-8-9-15(12-19(22)23-18)21(17)20(13)14/h1-12H. The first kappa shape index (κ1) is 11.5. The number of furan rings is 1. The van der Waals surface area contributed by atoms with Gasteiger partial charge in [0.05, 0.1) is 0 Å². The molecule has 6 rings (SSSR count). The number of rotatable bonds is 0. The molecule has 23 heavy (non-hydrogen) atoms. The van der Waals surface area contributed by atoms with Gasteiger partial charge in [0, 0.05) is 10.8 Å². The quantitative estimate of drug-likeness (QED) is 0.292. The number of para-hydroxylation sites is 1. The van der Waals surface area contributed by atoms with E-state index in [1.54, 1.807) is 0 Å². The van der Waals surface area contributed by atoms with Crippen molar-refractivity contribution in [3.63, 3.8) is 0 Å². The predicted octanol–water partition coefficient (Wildman–Crippen LogP) is 6.48. The number of hydrogen-bond acceptors (Lipinski definition) is 1. The van der Waals surface area contributed by atoms with Crippen molar-refractivity contribution < 1.29 is 4.42 Å². The maximum Gasteiger partial charge on any atom is 0.136 e. The lowest BCUT2D eigenvalue weighted by Gasteiger charge is -2.11. The molecular weight excluding hydrogens is 280 g/mol. The average molecular weight is 292 g/mol. The first-order chi connectivity index (χ1) is 11.4. The van der Waals surface area contributed by atoms with Gasteiger partial charge in [0.2, 0.25) is 0 Å². The molecule has 0 saturated carbocycles. The molecule has 0 radical (unpaired) electrons. The normalized spacial score (nSPS) is 12.3. The molecule has 0 N–H and O–H groups in total. The summed E-state index contributed by atoms with van der Waals surface area (Å²) in [4.78, 5) is 0. The zero-order chi connectivity index (χ0) is 15.0. The van der Waals surface area contributed by atoms with Crippen LogP contribution in [0.1, 0.15) is 0 Å². The van der Waals surface area contributed by atoms with Crippen molar-refractivity contribution in [3.8, 4) is 0 Å². The van der Waals surface area contributed by atoms with Crippen molar-refractivity contribution in [1.82, 2.24) is 0 Å². The summed E-state index contributed by atoms with van der Waals surface area (Å²) in [5.41, 5.74) is 1.93. The predicted molar refractivity (Wildman–Crippen MR) is 97.4 cm³/mol. The highest BCUT2D eigenvalue weighted by atomic mass is 16.3. The summed E-state index contributed by atoms with van der Waals surface area (Å²) < 4.78 is 6.10. The van der Waals surface area contributed by atoms with E-state index in [0.29, 0.717) is 0 Å². The molecule has 6 aromatic rings. The Bertz CT molecular complexity index is 1340. The molecule has 0 aliphatic carbocycles. The van der Waals surface area contributed by atoms with Crippen molar-refractivity contribution in [3.05, 3.63) is 72.8 Å². The van der Waals surface area contributed by atoms with E-state index in [9.17, 15) is 0 Å². The van der Waals surface area contributed by atoms with Crippen LogP contribution in [0.4, 0.5) is 0 Å². The van der Waals surface area contributed by atoms with Gasteiger partial charge in [0.1, 0.15) is 11.2 Å². The Kier molecular flexibility index (Phi) is 1.91. The Balaban J connectivity index is 2.04. The van der Waals surface area contributed by atoms with E-state index in [0.717, 1.165) is 11.2 Å². The summed E-state index contributed by atoms with van der Waals surface area (Å²) in [6.45, 7) is 0.